The van der Waals surface area contributed by atoms with Gasteiger partial charge >= 0.3 is 0 Å². The van der Waals surface area contributed by atoms with Gasteiger partial charge in [-0.3, -0.25) is 4.31 Å². The van der Waals surface area contributed by atoms with E-state index < -0.39 is 0 Å². The molecule has 0 aromatic carbocycles. The summed E-state index contributed by atoms with van der Waals surface area (Å²) in [4.78, 5) is 0. The molecule has 0 amide bonds. The second kappa shape index (κ2) is 2.59. The Balaban J connectivity index is 2.42. The average molecular weight is 149 g/mol. The molecule has 0 unspecified atom stereocenters. The first-order chi connectivity index (χ1) is 3.43. The maximum atomic E-state index is 4.63. The van der Waals surface area contributed by atoms with E-state index in [4.69, 9.17) is 0 Å². The summed E-state index contributed by atoms with van der Waals surface area (Å²) in [7, 11) is 3.29. The smallest absolute Gasteiger partial charge is 0.0794 e. The Bertz CT molecular complexity index is 100. The van der Waals surface area contributed by atoms with Crippen molar-refractivity contribution in [2.75, 3.05) is 0 Å². The van der Waals surface area contributed by atoms with Crippen molar-refractivity contribution in [3.05, 3.63) is 11.6 Å². The first kappa shape index (κ1) is 5.47. The van der Waals surface area contributed by atoms with Crippen molar-refractivity contribution in [2.24, 2.45) is 0 Å². The molecule has 1 rings (SSSR count). The van der Waals surface area contributed by atoms with Crippen molar-refractivity contribution in [3.8, 4) is 0 Å². The Labute approximate surface area is 55.7 Å². The third kappa shape index (κ3) is 1.36. The maximum absolute atomic E-state index is 4.63. The van der Waals surface area contributed by atoms with Gasteiger partial charge in [0.1, 0.15) is 0 Å². The number of thiocarbonyl (C=S) groups is 1. The minimum atomic E-state index is 1.61. The first-order valence-electron chi connectivity index (χ1n) is 1.67. The zero-order chi connectivity index (χ0) is 5.11. The topological polar surface area (TPSA) is 3.24 Å². The molecule has 0 fully saturated rings. The van der Waals surface area contributed by atoms with Crippen LogP contribution in [0, 0.1) is 0 Å². The summed E-state index contributed by atoms with van der Waals surface area (Å²) in [6.07, 6.45) is 1.93. The lowest BCUT2D eigenvalue weighted by atomic mass is 11.0. The maximum Gasteiger partial charge on any atom is 0.0794 e. The van der Waals surface area contributed by atoms with Crippen LogP contribution in [0.5, 0.6) is 0 Å². The molecule has 0 radical (unpaired) electrons. The second-order valence-electron chi connectivity index (χ2n) is 0.921. The summed E-state index contributed by atoms with van der Waals surface area (Å²) in [5.74, 6) is 0. The van der Waals surface area contributed by atoms with Crippen LogP contribution < -0.4 is 0 Å². The fraction of sp³-hybridized carbons (Fsp3) is 0. The van der Waals surface area contributed by atoms with Gasteiger partial charge in [-0.15, -0.1) is 0 Å². The monoisotopic (exact) mass is 149 g/mol. The van der Waals surface area contributed by atoms with Gasteiger partial charge in [0.2, 0.25) is 0 Å². The molecule has 1 heterocycles. The molecule has 0 saturated carbocycles. The number of rotatable bonds is 1. The average Bonchev–Trinajstić information content (AvgIpc) is 2.14. The molecule has 7 heavy (non-hydrogen) atoms. The fourth-order valence-corrected chi connectivity index (χ4v) is 2.03. The van der Waals surface area contributed by atoms with Crippen LogP contribution in [-0.4, -0.2) is 9.80 Å². The highest BCUT2D eigenvalue weighted by molar-refractivity contribution is 8.77. The molecule has 0 saturated heterocycles. The van der Waals surface area contributed by atoms with Gasteiger partial charge in [0.05, 0.1) is 5.49 Å². The van der Waals surface area contributed by atoms with E-state index in [-0.39, 0.29) is 0 Å². The van der Waals surface area contributed by atoms with E-state index in [1.807, 2.05) is 15.9 Å². The van der Waals surface area contributed by atoms with Crippen LogP contribution >= 0.6 is 34.0 Å². The molecule has 0 spiro atoms. The predicted octanol–water partition coefficient (Wildman–Crippen LogP) is 2.03. The summed E-state index contributed by atoms with van der Waals surface area (Å²) in [6.45, 7) is 0. The Morgan fingerprint density at radius 1 is 1.71 bits per heavy atom. The molecule has 4 heteroatoms. The van der Waals surface area contributed by atoms with Crippen LogP contribution in [0.1, 0.15) is 0 Å². The highest BCUT2D eigenvalue weighted by Crippen LogP contribution is 2.32. The quantitative estimate of drug-likeness (QED) is 0.318. The van der Waals surface area contributed by atoms with Crippen LogP contribution in [0.15, 0.2) is 11.6 Å². The van der Waals surface area contributed by atoms with Gasteiger partial charge in [-0.1, -0.05) is 12.2 Å². The van der Waals surface area contributed by atoms with Crippen molar-refractivity contribution in [2.45, 2.75) is 0 Å². The van der Waals surface area contributed by atoms with Gasteiger partial charge in [-0.25, -0.2) is 0 Å². The molecular weight excluding hydrogens is 146 g/mol. The summed E-state index contributed by atoms with van der Waals surface area (Å²) >= 11 is 4.63. The predicted molar refractivity (Wildman–Crippen MR) is 39.8 cm³/mol. The molecule has 0 N–H and O–H groups in total. The van der Waals surface area contributed by atoms with Crippen LogP contribution in [0.2, 0.25) is 0 Å². The van der Waals surface area contributed by atoms with E-state index in [2.05, 4.69) is 12.2 Å². The fourth-order valence-electron chi connectivity index (χ4n) is 0.237. The van der Waals surface area contributed by atoms with Crippen molar-refractivity contribution in [3.63, 3.8) is 0 Å². The molecule has 1 aliphatic rings. The lowest BCUT2D eigenvalue weighted by molar-refractivity contribution is 1.00. The standard InChI is InChI=1S/C3H3NS3/c5-3-4-1-2-6-7-4/h1-3H. The normalized spacial score (nSPS) is 18.0. The van der Waals surface area contributed by atoms with Crippen LogP contribution in [-0.2, 0) is 0 Å². The van der Waals surface area contributed by atoms with Crippen molar-refractivity contribution in [1.29, 1.82) is 0 Å². The van der Waals surface area contributed by atoms with E-state index in [0.29, 0.717) is 0 Å². The summed E-state index contributed by atoms with van der Waals surface area (Å²) in [6, 6.07) is 0. The zero-order valence-corrected chi connectivity index (χ0v) is 5.85. The Kier molecular flexibility index (Phi) is 2.02. The molecule has 1 nitrogen and oxygen atoms in total. The largest absolute Gasteiger partial charge is 0.278 e. The molecule has 0 bridgehead atoms. The van der Waals surface area contributed by atoms with E-state index in [9.17, 15) is 0 Å². The lowest BCUT2D eigenvalue weighted by Crippen LogP contribution is -1.94. The Hall–Kier alpha value is 0.330. The van der Waals surface area contributed by atoms with E-state index in [1.54, 1.807) is 27.3 Å². The SMILES string of the molecule is S=CN1C=CSS1. The highest BCUT2D eigenvalue weighted by Gasteiger charge is 1.99. The van der Waals surface area contributed by atoms with Gasteiger partial charge in [0, 0.05) is 22.6 Å². The summed E-state index contributed by atoms with van der Waals surface area (Å²) in [5, 5.41) is 1.99. The van der Waals surface area contributed by atoms with Crippen molar-refractivity contribution in [1.82, 2.24) is 4.31 Å². The molecule has 0 atom stereocenters. The van der Waals surface area contributed by atoms with Gasteiger partial charge < -0.3 is 0 Å². The lowest BCUT2D eigenvalue weighted by Gasteiger charge is -1.99. The minimum Gasteiger partial charge on any atom is -0.278 e. The zero-order valence-electron chi connectivity index (χ0n) is 3.40. The van der Waals surface area contributed by atoms with E-state index in [1.165, 1.54) is 0 Å². The molecule has 0 aliphatic carbocycles. The van der Waals surface area contributed by atoms with E-state index in [0.717, 1.165) is 0 Å². The third-order valence-electron chi connectivity index (χ3n) is 0.496. The Morgan fingerprint density at radius 2 is 2.57 bits per heavy atom. The summed E-state index contributed by atoms with van der Waals surface area (Å²) in [5.41, 5.74) is 1.61. The Morgan fingerprint density at radius 3 is 2.86 bits per heavy atom. The molecule has 1 aliphatic heterocycles. The molecule has 38 valence electrons. The van der Waals surface area contributed by atoms with Gasteiger partial charge in [0.15, 0.2) is 0 Å². The number of hydrogen-bond acceptors (Lipinski definition) is 3. The van der Waals surface area contributed by atoms with Crippen LogP contribution in [0.25, 0.3) is 0 Å². The van der Waals surface area contributed by atoms with Crippen LogP contribution in [0.3, 0.4) is 0 Å². The first-order valence-corrected chi connectivity index (χ1v) is 4.31. The molecular formula is C3H3NS3. The van der Waals surface area contributed by atoms with Gasteiger partial charge in [-0.2, -0.15) is 0 Å². The third-order valence-corrected chi connectivity index (χ3v) is 2.68. The van der Waals surface area contributed by atoms with Gasteiger partial charge in [0.25, 0.3) is 0 Å². The highest BCUT2D eigenvalue weighted by atomic mass is 33.1. The number of hydrogen-bond donors (Lipinski definition) is 0. The molecule has 0 aromatic rings. The second-order valence-corrected chi connectivity index (χ2v) is 3.19. The molecule has 0 aromatic heterocycles. The van der Waals surface area contributed by atoms with Crippen LogP contribution in [0.4, 0.5) is 0 Å². The number of nitrogens with zero attached hydrogens (tertiary/aromatic N) is 1. The van der Waals surface area contributed by atoms with Crippen molar-refractivity contribution < 1.29 is 0 Å². The minimum absolute atomic E-state index is 1.61. The summed E-state index contributed by atoms with van der Waals surface area (Å²) < 4.78 is 1.88. The van der Waals surface area contributed by atoms with Gasteiger partial charge in [-0.05, 0) is 10.8 Å². The van der Waals surface area contributed by atoms with E-state index >= 15 is 0 Å². The van der Waals surface area contributed by atoms with Crippen molar-refractivity contribution >= 4 is 39.5 Å².